The zero-order valence-electron chi connectivity index (χ0n) is 30.3. The van der Waals surface area contributed by atoms with Gasteiger partial charge in [-0.05, 0) is 82.9 Å². The SMILES string of the molecule is C=Cc1ccc(OP(Oc2ccc(C=C)cc2)c2cccc3c2Oc2c(P(Oc4ccc(C=C)cc4)Oc4ccc(C=C)cc4)cccc2C3(C)C)cc1. The van der Waals surface area contributed by atoms with Crippen LogP contribution in [0.25, 0.3) is 24.3 Å². The van der Waals surface area contributed by atoms with Crippen molar-refractivity contribution in [3.05, 3.63) is 193 Å². The lowest BCUT2D eigenvalue weighted by Crippen LogP contribution is -2.30. The van der Waals surface area contributed by atoms with Crippen molar-refractivity contribution >= 4 is 51.7 Å². The van der Waals surface area contributed by atoms with Gasteiger partial charge in [0.25, 0.3) is 0 Å². The number of benzene rings is 6. The zero-order chi connectivity index (χ0) is 37.7. The molecule has 54 heavy (non-hydrogen) atoms. The monoisotopic (exact) mass is 746 g/mol. The van der Waals surface area contributed by atoms with Crippen molar-refractivity contribution in [1.29, 1.82) is 0 Å². The minimum atomic E-state index is -1.75. The third-order valence-electron chi connectivity index (χ3n) is 9.15. The quantitative estimate of drug-likeness (QED) is 0.104. The van der Waals surface area contributed by atoms with E-state index in [1.165, 1.54) is 0 Å². The Balaban J connectivity index is 1.32. The van der Waals surface area contributed by atoms with E-state index in [2.05, 4.69) is 52.3 Å². The topological polar surface area (TPSA) is 46.2 Å². The van der Waals surface area contributed by atoms with Gasteiger partial charge in [-0.2, -0.15) is 0 Å². The van der Waals surface area contributed by atoms with Gasteiger partial charge in [-0.1, -0.05) is 137 Å². The largest absolute Gasteiger partial charge is 0.455 e. The van der Waals surface area contributed by atoms with Gasteiger partial charge in [0.05, 0.1) is 10.6 Å². The van der Waals surface area contributed by atoms with Crippen molar-refractivity contribution in [2.45, 2.75) is 19.3 Å². The number of rotatable bonds is 14. The lowest BCUT2D eigenvalue weighted by atomic mass is 9.76. The molecule has 6 aromatic carbocycles. The van der Waals surface area contributed by atoms with Crippen LogP contribution < -0.4 is 33.4 Å². The number of hydrogen-bond acceptors (Lipinski definition) is 5. The molecule has 0 atom stereocenters. The minimum Gasteiger partial charge on any atom is -0.455 e. The first kappa shape index (κ1) is 36.5. The molecule has 7 heteroatoms. The highest BCUT2D eigenvalue weighted by Crippen LogP contribution is 2.54. The fourth-order valence-corrected chi connectivity index (χ4v) is 8.86. The summed E-state index contributed by atoms with van der Waals surface area (Å²) in [6, 6.07) is 43.5. The van der Waals surface area contributed by atoms with Crippen molar-refractivity contribution in [3.8, 4) is 34.5 Å². The van der Waals surface area contributed by atoms with Crippen LogP contribution in [-0.2, 0) is 5.41 Å². The second-order valence-corrected chi connectivity index (χ2v) is 15.7. The Hall–Kier alpha value is -5.86. The predicted molar refractivity (Wildman–Crippen MR) is 227 cm³/mol. The van der Waals surface area contributed by atoms with E-state index in [-0.39, 0.29) is 0 Å². The molecule has 0 aliphatic carbocycles. The van der Waals surface area contributed by atoms with Crippen LogP contribution in [0.15, 0.2) is 160 Å². The second kappa shape index (κ2) is 16.0. The average molecular weight is 747 g/mol. The van der Waals surface area contributed by atoms with E-state index >= 15 is 0 Å². The highest BCUT2D eigenvalue weighted by molar-refractivity contribution is 7.57. The van der Waals surface area contributed by atoms with Crippen LogP contribution in [0, 0.1) is 0 Å². The molecule has 0 N–H and O–H groups in total. The van der Waals surface area contributed by atoms with E-state index in [1.807, 2.05) is 121 Å². The van der Waals surface area contributed by atoms with Gasteiger partial charge in [0, 0.05) is 16.5 Å². The minimum absolute atomic E-state index is 0.467. The van der Waals surface area contributed by atoms with Gasteiger partial charge in [-0.15, -0.1) is 0 Å². The van der Waals surface area contributed by atoms with Gasteiger partial charge in [0.2, 0.25) is 0 Å². The van der Waals surface area contributed by atoms with Crippen LogP contribution in [0.1, 0.15) is 47.2 Å². The lowest BCUT2D eigenvalue weighted by molar-refractivity contribution is 0.420. The van der Waals surface area contributed by atoms with E-state index in [0.29, 0.717) is 34.5 Å². The molecule has 5 nitrogen and oxygen atoms in total. The zero-order valence-corrected chi connectivity index (χ0v) is 32.1. The van der Waals surface area contributed by atoms with Crippen LogP contribution in [0.5, 0.6) is 34.5 Å². The molecule has 0 aromatic heterocycles. The van der Waals surface area contributed by atoms with Crippen LogP contribution in [0.4, 0.5) is 0 Å². The first-order valence-electron chi connectivity index (χ1n) is 17.5. The van der Waals surface area contributed by atoms with Crippen LogP contribution >= 0.6 is 16.8 Å². The van der Waals surface area contributed by atoms with Crippen LogP contribution in [-0.4, -0.2) is 0 Å². The molecule has 0 radical (unpaired) electrons. The van der Waals surface area contributed by atoms with Gasteiger partial charge in [-0.25, -0.2) is 0 Å². The van der Waals surface area contributed by atoms with E-state index in [1.54, 1.807) is 24.3 Å². The smallest absolute Gasteiger partial charge is 0.330 e. The summed E-state index contributed by atoms with van der Waals surface area (Å²) in [4.78, 5) is 0. The third-order valence-corrected chi connectivity index (χ3v) is 12.1. The molecule has 0 fully saturated rings. The summed E-state index contributed by atoms with van der Waals surface area (Å²) in [5.41, 5.74) is 5.53. The standard InChI is InChI=1S/C47H40O5P2/c1-7-33-17-25-37(26-18-33)49-53(50-38-27-19-34(8-2)20-28-38)43-15-11-13-41-45(43)48-46-42(47(41,5)6)14-12-16-44(46)54(51-39-29-21-35(9-3)22-30-39)52-40-31-23-36(10-4)24-32-40/h7-32H,1-4H2,5-6H3. The number of para-hydroxylation sites is 2. The Kier molecular flexibility index (Phi) is 10.8. The summed E-state index contributed by atoms with van der Waals surface area (Å²) >= 11 is 0. The highest BCUT2D eigenvalue weighted by atomic mass is 31.2. The molecule has 0 spiro atoms. The summed E-state index contributed by atoms with van der Waals surface area (Å²) in [5.74, 6) is 4.02. The summed E-state index contributed by atoms with van der Waals surface area (Å²) in [7, 11) is -3.49. The van der Waals surface area contributed by atoms with Crippen LogP contribution in [0.2, 0.25) is 0 Å². The average Bonchev–Trinajstić information content (AvgIpc) is 3.21. The molecule has 0 saturated carbocycles. The van der Waals surface area contributed by atoms with E-state index in [4.69, 9.17) is 22.8 Å². The maximum atomic E-state index is 7.09. The Morgan fingerprint density at radius 3 is 0.963 bits per heavy atom. The number of ether oxygens (including phenoxy) is 1. The normalized spacial score (nSPS) is 12.4. The number of hydrogen-bond donors (Lipinski definition) is 0. The van der Waals surface area contributed by atoms with Crippen molar-refractivity contribution in [3.63, 3.8) is 0 Å². The van der Waals surface area contributed by atoms with Gasteiger partial charge >= 0.3 is 16.8 Å². The molecule has 1 aliphatic rings. The molecule has 6 aromatic rings. The Morgan fingerprint density at radius 2 is 0.704 bits per heavy atom. The Bertz CT molecular complexity index is 2030. The Morgan fingerprint density at radius 1 is 0.426 bits per heavy atom. The van der Waals surface area contributed by atoms with Crippen molar-refractivity contribution < 1.29 is 22.8 Å². The van der Waals surface area contributed by atoms with Crippen LogP contribution in [0.3, 0.4) is 0 Å². The van der Waals surface area contributed by atoms with E-state index in [9.17, 15) is 0 Å². The maximum absolute atomic E-state index is 7.09. The van der Waals surface area contributed by atoms with Gasteiger partial charge < -0.3 is 22.8 Å². The molecular weight excluding hydrogens is 706 g/mol. The van der Waals surface area contributed by atoms with Gasteiger partial charge in [0.15, 0.2) is 0 Å². The molecule has 0 amide bonds. The first-order valence-corrected chi connectivity index (χ1v) is 19.8. The van der Waals surface area contributed by atoms with Gasteiger partial charge in [-0.3, -0.25) is 0 Å². The Labute approximate surface area is 320 Å². The van der Waals surface area contributed by atoms with Crippen molar-refractivity contribution in [2.24, 2.45) is 0 Å². The molecule has 7 rings (SSSR count). The van der Waals surface area contributed by atoms with E-state index in [0.717, 1.165) is 44.0 Å². The molecule has 268 valence electrons. The first-order chi connectivity index (χ1) is 26.3. The summed E-state index contributed by atoms with van der Waals surface area (Å²) < 4.78 is 33.9. The predicted octanol–water partition coefficient (Wildman–Crippen LogP) is 12.9. The summed E-state index contributed by atoms with van der Waals surface area (Å²) in [6.07, 6.45) is 7.21. The van der Waals surface area contributed by atoms with Crippen molar-refractivity contribution in [1.82, 2.24) is 0 Å². The second-order valence-electron chi connectivity index (χ2n) is 13.0. The molecular formula is C47H40O5P2. The summed E-state index contributed by atoms with van der Waals surface area (Å²) in [5, 5.41) is 1.59. The number of fused-ring (bicyclic) bond motifs is 2. The maximum Gasteiger partial charge on any atom is 0.330 e. The fourth-order valence-electron chi connectivity index (χ4n) is 6.06. The molecule has 0 saturated heterocycles. The molecule has 0 bridgehead atoms. The third kappa shape index (κ3) is 7.75. The molecule has 0 unspecified atom stereocenters. The molecule has 1 aliphatic heterocycles. The highest BCUT2D eigenvalue weighted by Gasteiger charge is 2.41. The van der Waals surface area contributed by atoms with Crippen molar-refractivity contribution in [2.75, 3.05) is 0 Å². The lowest BCUT2D eigenvalue weighted by Gasteiger charge is -2.37. The summed E-state index contributed by atoms with van der Waals surface area (Å²) in [6.45, 7) is 20.0. The van der Waals surface area contributed by atoms with Gasteiger partial charge in [0.1, 0.15) is 34.5 Å². The molecule has 1 heterocycles. The fraction of sp³-hybridized carbons (Fsp3) is 0.0638. The van der Waals surface area contributed by atoms with E-state index < -0.39 is 22.2 Å².